The molecule has 0 fully saturated rings. The molecule has 2 rings (SSSR count). The molecule has 0 saturated carbocycles. The maximum atomic E-state index is 12.8. The maximum Gasteiger partial charge on any atom is 0.416 e. The molecule has 2 aromatic rings. The molecule has 0 spiro atoms. The number of alkyl halides is 3. The molecule has 0 aliphatic carbocycles. The zero-order valence-corrected chi connectivity index (χ0v) is 16.2. The Balaban J connectivity index is 2.28. The highest BCUT2D eigenvalue weighted by Crippen LogP contribution is 2.30. The normalized spacial score (nSPS) is 13.2. The fourth-order valence-corrected chi connectivity index (χ4v) is 4.15. The number of carbonyl (C=O) groups is 1. The van der Waals surface area contributed by atoms with Gasteiger partial charge in [0.05, 0.1) is 30.9 Å². The molecular weight excluding hydrogens is 419 g/mol. The van der Waals surface area contributed by atoms with Crippen LogP contribution in [0.25, 0.3) is 0 Å². The first-order chi connectivity index (χ1) is 13.0. The van der Waals surface area contributed by atoms with Crippen molar-refractivity contribution in [3.63, 3.8) is 0 Å². The van der Waals surface area contributed by atoms with E-state index in [1.165, 1.54) is 12.1 Å². The molecule has 5 nitrogen and oxygen atoms in total. The third-order valence-electron chi connectivity index (χ3n) is 3.81. The van der Waals surface area contributed by atoms with Gasteiger partial charge in [-0.2, -0.15) is 13.2 Å². The van der Waals surface area contributed by atoms with Gasteiger partial charge in [-0.05, 0) is 23.3 Å². The van der Waals surface area contributed by atoms with Crippen LogP contribution in [0, 0.1) is 0 Å². The second-order valence-corrected chi connectivity index (χ2v) is 8.09. The Kier molecular flexibility index (Phi) is 7.08. The van der Waals surface area contributed by atoms with Crippen LogP contribution < -0.4 is 4.72 Å². The molecule has 1 N–H and O–H groups in total. The van der Waals surface area contributed by atoms with Gasteiger partial charge in [0.1, 0.15) is 0 Å². The number of halogens is 4. The summed E-state index contributed by atoms with van der Waals surface area (Å²) < 4.78 is 70.5. The predicted molar refractivity (Wildman–Crippen MR) is 98.0 cm³/mol. The first kappa shape index (κ1) is 22.2. The number of benzene rings is 2. The Labute approximate surface area is 165 Å². The lowest BCUT2D eigenvalue weighted by atomic mass is 10.1. The molecule has 0 saturated heterocycles. The molecule has 1 unspecified atom stereocenters. The lowest BCUT2D eigenvalue weighted by Crippen LogP contribution is -2.31. The first-order valence-electron chi connectivity index (χ1n) is 7.99. The third-order valence-corrected chi connectivity index (χ3v) is 5.51. The predicted octanol–water partition coefficient (Wildman–Crippen LogP) is 4.08. The molecular formula is C18H17ClF3NO4S. The number of hydrogen-bond donors (Lipinski definition) is 1. The van der Waals surface area contributed by atoms with Gasteiger partial charge >= 0.3 is 12.1 Å². The van der Waals surface area contributed by atoms with Crippen LogP contribution in [0.1, 0.15) is 29.2 Å². The smallest absolute Gasteiger partial charge is 0.416 e. The third kappa shape index (κ3) is 6.22. The SMILES string of the molecule is COC(=O)CC(NS(=O)(=O)Cc1cccc(C(F)(F)F)c1)c1ccccc1Cl. The Morgan fingerprint density at radius 3 is 2.46 bits per heavy atom. The van der Waals surface area contributed by atoms with Gasteiger partial charge < -0.3 is 4.74 Å². The Hall–Kier alpha value is -2.10. The molecule has 0 heterocycles. The highest BCUT2D eigenvalue weighted by atomic mass is 35.5. The van der Waals surface area contributed by atoms with E-state index in [9.17, 15) is 26.4 Å². The molecule has 2 aromatic carbocycles. The van der Waals surface area contributed by atoms with Crippen molar-refractivity contribution in [2.24, 2.45) is 0 Å². The van der Waals surface area contributed by atoms with Crippen LogP contribution in [0.4, 0.5) is 13.2 Å². The molecule has 1 atom stereocenters. The van der Waals surface area contributed by atoms with Crippen molar-refractivity contribution in [3.8, 4) is 0 Å². The average molecular weight is 436 g/mol. The van der Waals surface area contributed by atoms with Gasteiger partial charge in [-0.25, -0.2) is 13.1 Å². The van der Waals surface area contributed by atoms with Gasteiger partial charge in [-0.15, -0.1) is 0 Å². The van der Waals surface area contributed by atoms with E-state index in [1.54, 1.807) is 18.2 Å². The molecule has 0 bridgehead atoms. The van der Waals surface area contributed by atoms with Crippen LogP contribution in [-0.2, 0) is 31.5 Å². The zero-order chi connectivity index (χ0) is 20.9. The van der Waals surface area contributed by atoms with Gasteiger partial charge in [-0.1, -0.05) is 48.0 Å². The highest BCUT2D eigenvalue weighted by Gasteiger charge is 2.31. The van der Waals surface area contributed by atoms with E-state index >= 15 is 0 Å². The summed E-state index contributed by atoms with van der Waals surface area (Å²) in [6, 6.07) is 9.33. The number of esters is 1. The van der Waals surface area contributed by atoms with Gasteiger partial charge in [0.2, 0.25) is 10.0 Å². The van der Waals surface area contributed by atoms with Crippen molar-refractivity contribution in [2.45, 2.75) is 24.4 Å². The summed E-state index contributed by atoms with van der Waals surface area (Å²) in [7, 11) is -2.94. The molecule has 10 heteroatoms. The van der Waals surface area contributed by atoms with Gasteiger partial charge in [0.25, 0.3) is 0 Å². The lowest BCUT2D eigenvalue weighted by molar-refractivity contribution is -0.141. The van der Waals surface area contributed by atoms with E-state index in [0.717, 1.165) is 25.3 Å². The van der Waals surface area contributed by atoms with Gasteiger partial charge in [-0.3, -0.25) is 4.79 Å². The van der Waals surface area contributed by atoms with Crippen molar-refractivity contribution < 1.29 is 31.1 Å². The summed E-state index contributed by atoms with van der Waals surface area (Å²) in [4.78, 5) is 11.7. The average Bonchev–Trinajstić information content (AvgIpc) is 2.60. The topological polar surface area (TPSA) is 72.5 Å². The number of hydrogen-bond acceptors (Lipinski definition) is 4. The minimum absolute atomic E-state index is 0.0432. The maximum absolute atomic E-state index is 12.8. The van der Waals surface area contributed by atoms with Gasteiger partial charge in [0.15, 0.2) is 0 Å². The van der Waals surface area contributed by atoms with E-state index in [-0.39, 0.29) is 17.0 Å². The summed E-state index contributed by atoms with van der Waals surface area (Å²) in [5.41, 5.74) is -0.641. The molecule has 0 aromatic heterocycles. The largest absolute Gasteiger partial charge is 0.469 e. The fraction of sp³-hybridized carbons (Fsp3) is 0.278. The van der Waals surface area contributed by atoms with Crippen molar-refractivity contribution in [3.05, 3.63) is 70.2 Å². The van der Waals surface area contributed by atoms with Crippen LogP contribution in [0.3, 0.4) is 0 Å². The quantitative estimate of drug-likeness (QED) is 0.665. The summed E-state index contributed by atoms with van der Waals surface area (Å²) in [6.07, 6.45) is -4.92. The van der Waals surface area contributed by atoms with Crippen LogP contribution >= 0.6 is 11.6 Å². The van der Waals surface area contributed by atoms with Crippen molar-refractivity contribution in [2.75, 3.05) is 7.11 Å². The van der Waals surface area contributed by atoms with Crippen molar-refractivity contribution >= 4 is 27.6 Å². The number of ether oxygens (including phenoxy) is 1. The van der Waals surface area contributed by atoms with Crippen molar-refractivity contribution in [1.82, 2.24) is 4.72 Å². The summed E-state index contributed by atoms with van der Waals surface area (Å²) >= 11 is 6.09. The Morgan fingerprint density at radius 2 is 1.86 bits per heavy atom. The molecule has 0 aliphatic heterocycles. The fourth-order valence-electron chi connectivity index (χ4n) is 2.54. The Bertz CT molecular complexity index is 948. The number of carbonyl (C=O) groups excluding carboxylic acids is 1. The summed E-state index contributed by atoms with van der Waals surface area (Å²) in [5.74, 6) is -1.37. The molecule has 0 aliphatic rings. The van der Waals surface area contributed by atoms with E-state index in [0.29, 0.717) is 5.56 Å². The highest BCUT2D eigenvalue weighted by molar-refractivity contribution is 7.88. The number of rotatable bonds is 7. The van der Waals surface area contributed by atoms with Crippen molar-refractivity contribution in [1.29, 1.82) is 0 Å². The molecule has 0 amide bonds. The second kappa shape index (κ2) is 8.93. The van der Waals surface area contributed by atoms with E-state index < -0.39 is 39.5 Å². The van der Waals surface area contributed by atoms with E-state index in [4.69, 9.17) is 11.6 Å². The summed E-state index contributed by atoms with van der Waals surface area (Å²) in [5, 5.41) is 0.234. The van der Waals surface area contributed by atoms with E-state index in [1.807, 2.05) is 0 Å². The lowest BCUT2D eigenvalue weighted by Gasteiger charge is -2.19. The van der Waals surface area contributed by atoms with Crippen LogP contribution in [0.15, 0.2) is 48.5 Å². The summed E-state index contributed by atoms with van der Waals surface area (Å²) in [6.45, 7) is 0. The van der Waals surface area contributed by atoms with E-state index in [2.05, 4.69) is 9.46 Å². The van der Waals surface area contributed by atoms with Crippen LogP contribution in [-0.4, -0.2) is 21.5 Å². The molecule has 152 valence electrons. The van der Waals surface area contributed by atoms with Crippen LogP contribution in [0.2, 0.25) is 5.02 Å². The van der Waals surface area contributed by atoms with Gasteiger partial charge in [0, 0.05) is 5.02 Å². The minimum Gasteiger partial charge on any atom is -0.469 e. The second-order valence-electron chi connectivity index (χ2n) is 5.93. The molecule has 28 heavy (non-hydrogen) atoms. The monoisotopic (exact) mass is 435 g/mol. The zero-order valence-electron chi connectivity index (χ0n) is 14.7. The van der Waals surface area contributed by atoms with Crippen LogP contribution in [0.5, 0.6) is 0 Å². The standard InChI is InChI=1S/C18H17ClF3NO4S/c1-27-17(24)10-16(14-7-2-3-8-15(14)19)23-28(25,26)11-12-5-4-6-13(9-12)18(20,21)22/h2-9,16,23H,10-11H2,1H3. The number of methoxy groups -OCH3 is 1. The minimum atomic E-state index is -4.59. The first-order valence-corrected chi connectivity index (χ1v) is 10.0. The number of nitrogens with one attached hydrogen (secondary N) is 1. The Morgan fingerprint density at radius 1 is 1.18 bits per heavy atom. The number of sulfonamides is 1. The molecule has 0 radical (unpaired) electrons.